The Hall–Kier alpha value is -2.79. The van der Waals surface area contributed by atoms with Crippen LogP contribution in [0.1, 0.15) is 18.1 Å². The third-order valence-electron chi connectivity index (χ3n) is 3.73. The number of ether oxygens (including phenoxy) is 1. The summed E-state index contributed by atoms with van der Waals surface area (Å²) in [5.41, 5.74) is 2.36. The van der Waals surface area contributed by atoms with Crippen LogP contribution in [0.25, 0.3) is 6.08 Å². The first-order chi connectivity index (χ1) is 12.4. The maximum Gasteiger partial charge on any atom is 0.246 e. The summed E-state index contributed by atoms with van der Waals surface area (Å²) in [5.74, 6) is 0.0645. The Morgan fingerprint density at radius 1 is 1.15 bits per heavy atom. The summed E-state index contributed by atoms with van der Waals surface area (Å²) < 4.78 is 5.08. The smallest absolute Gasteiger partial charge is 0.246 e. The first kappa shape index (κ1) is 19.5. The molecule has 1 unspecified atom stereocenters. The fourth-order valence-electron chi connectivity index (χ4n) is 2.14. The van der Waals surface area contributed by atoms with Crippen LogP contribution in [0.3, 0.4) is 0 Å². The third-order valence-corrected chi connectivity index (χ3v) is 4.14. The predicted molar refractivity (Wildman–Crippen MR) is 104 cm³/mol. The molecule has 136 valence electrons. The fourth-order valence-corrected chi connectivity index (χ4v) is 2.32. The van der Waals surface area contributed by atoms with Crippen LogP contribution in [0, 0.1) is 6.92 Å². The molecule has 2 aromatic rings. The lowest BCUT2D eigenvalue weighted by Gasteiger charge is -2.13. The molecule has 0 aliphatic heterocycles. The minimum absolute atomic E-state index is 0.323. The van der Waals surface area contributed by atoms with Gasteiger partial charge < -0.3 is 15.4 Å². The molecule has 0 aliphatic rings. The van der Waals surface area contributed by atoms with E-state index in [0.29, 0.717) is 10.7 Å². The van der Waals surface area contributed by atoms with Crippen molar-refractivity contribution in [1.82, 2.24) is 5.32 Å². The Balaban J connectivity index is 1.89. The summed E-state index contributed by atoms with van der Waals surface area (Å²) in [6.45, 7) is 3.50. The average molecular weight is 373 g/mol. The summed E-state index contributed by atoms with van der Waals surface area (Å²) >= 11 is 6.04. The van der Waals surface area contributed by atoms with Crippen molar-refractivity contribution in [2.24, 2.45) is 0 Å². The Labute approximate surface area is 158 Å². The highest BCUT2D eigenvalue weighted by Gasteiger charge is 2.14. The molecule has 2 N–H and O–H groups in total. The van der Waals surface area contributed by atoms with Crippen LogP contribution in [-0.4, -0.2) is 25.0 Å². The lowest BCUT2D eigenvalue weighted by atomic mass is 10.2. The highest BCUT2D eigenvalue weighted by molar-refractivity contribution is 6.31. The molecule has 2 rings (SSSR count). The van der Waals surface area contributed by atoms with Crippen LogP contribution in [0.5, 0.6) is 5.75 Å². The molecule has 0 fully saturated rings. The van der Waals surface area contributed by atoms with Gasteiger partial charge in [0.15, 0.2) is 0 Å². The highest BCUT2D eigenvalue weighted by atomic mass is 35.5. The van der Waals surface area contributed by atoms with Crippen molar-refractivity contribution in [3.05, 3.63) is 64.7 Å². The highest BCUT2D eigenvalue weighted by Crippen LogP contribution is 2.20. The SMILES string of the molecule is COc1ccc(/C=C/C(=O)NC(C)C(=O)Nc2ccc(C)c(Cl)c2)cc1. The lowest BCUT2D eigenvalue weighted by Crippen LogP contribution is -2.40. The second kappa shape index (κ2) is 9.06. The number of carbonyl (C=O) groups excluding carboxylic acids is 2. The van der Waals surface area contributed by atoms with E-state index < -0.39 is 6.04 Å². The number of nitrogens with one attached hydrogen (secondary N) is 2. The number of hydrogen-bond donors (Lipinski definition) is 2. The van der Waals surface area contributed by atoms with Gasteiger partial charge in [0, 0.05) is 16.8 Å². The second-order valence-corrected chi connectivity index (χ2v) is 6.20. The molecule has 6 heteroatoms. The van der Waals surface area contributed by atoms with Crippen LogP contribution < -0.4 is 15.4 Å². The number of halogens is 1. The summed E-state index contributed by atoms with van der Waals surface area (Å²) in [6, 6.07) is 11.8. The molecule has 0 saturated heterocycles. The molecule has 0 heterocycles. The van der Waals surface area contributed by atoms with Gasteiger partial charge in [-0.15, -0.1) is 0 Å². The molecule has 26 heavy (non-hydrogen) atoms. The molecule has 0 radical (unpaired) electrons. The van der Waals surface area contributed by atoms with Crippen LogP contribution in [0.2, 0.25) is 5.02 Å². The molecule has 0 aromatic heterocycles. The normalized spacial score (nSPS) is 11.8. The van der Waals surface area contributed by atoms with Gasteiger partial charge in [0.2, 0.25) is 11.8 Å². The van der Waals surface area contributed by atoms with Gasteiger partial charge in [-0.2, -0.15) is 0 Å². The van der Waals surface area contributed by atoms with Crippen molar-refractivity contribution in [3.63, 3.8) is 0 Å². The zero-order chi connectivity index (χ0) is 19.1. The van der Waals surface area contributed by atoms with Gasteiger partial charge in [0.25, 0.3) is 0 Å². The molecule has 0 aliphatic carbocycles. The first-order valence-electron chi connectivity index (χ1n) is 8.08. The van der Waals surface area contributed by atoms with Gasteiger partial charge in [-0.25, -0.2) is 0 Å². The predicted octanol–water partition coefficient (Wildman–Crippen LogP) is 3.81. The zero-order valence-corrected chi connectivity index (χ0v) is 15.6. The van der Waals surface area contributed by atoms with E-state index in [-0.39, 0.29) is 11.8 Å². The van der Waals surface area contributed by atoms with E-state index >= 15 is 0 Å². The van der Waals surface area contributed by atoms with Crippen molar-refractivity contribution in [2.45, 2.75) is 19.9 Å². The van der Waals surface area contributed by atoms with Gasteiger partial charge in [-0.3, -0.25) is 9.59 Å². The van der Waals surface area contributed by atoms with E-state index in [2.05, 4.69) is 10.6 Å². The van der Waals surface area contributed by atoms with Crippen molar-refractivity contribution in [2.75, 3.05) is 12.4 Å². The molecular weight excluding hydrogens is 352 g/mol. The van der Waals surface area contributed by atoms with E-state index in [0.717, 1.165) is 16.9 Å². The van der Waals surface area contributed by atoms with Crippen molar-refractivity contribution in [3.8, 4) is 5.75 Å². The fraction of sp³-hybridized carbons (Fsp3) is 0.200. The van der Waals surface area contributed by atoms with Crippen molar-refractivity contribution < 1.29 is 14.3 Å². The number of anilines is 1. The zero-order valence-electron chi connectivity index (χ0n) is 14.9. The van der Waals surface area contributed by atoms with Gasteiger partial charge in [0.05, 0.1) is 7.11 Å². The maximum absolute atomic E-state index is 12.2. The molecule has 1 atom stereocenters. The third kappa shape index (κ3) is 5.63. The lowest BCUT2D eigenvalue weighted by molar-refractivity contribution is -0.123. The summed E-state index contributed by atoms with van der Waals surface area (Å²) in [5, 5.41) is 5.92. The standard InChI is InChI=1S/C20H21ClN2O3/c1-13-4-8-16(12-18(13)21)23-20(25)14(2)22-19(24)11-7-15-5-9-17(26-3)10-6-15/h4-12,14H,1-3H3,(H,22,24)(H,23,25)/b11-7+. The number of amides is 2. The quantitative estimate of drug-likeness (QED) is 0.757. The van der Waals surface area contributed by atoms with E-state index in [1.165, 1.54) is 6.08 Å². The van der Waals surface area contributed by atoms with Crippen LogP contribution in [0.4, 0.5) is 5.69 Å². The van der Waals surface area contributed by atoms with Gasteiger partial charge in [-0.1, -0.05) is 29.8 Å². The number of carbonyl (C=O) groups is 2. The summed E-state index contributed by atoms with van der Waals surface area (Å²) in [7, 11) is 1.59. The Morgan fingerprint density at radius 3 is 2.46 bits per heavy atom. The van der Waals surface area contributed by atoms with Crippen LogP contribution >= 0.6 is 11.6 Å². The minimum Gasteiger partial charge on any atom is -0.497 e. The molecule has 2 amide bonds. The first-order valence-corrected chi connectivity index (χ1v) is 8.46. The molecular formula is C20H21ClN2O3. The van der Waals surface area contributed by atoms with Crippen molar-refractivity contribution in [1.29, 1.82) is 0 Å². The molecule has 0 spiro atoms. The van der Waals surface area contributed by atoms with Crippen LogP contribution in [0.15, 0.2) is 48.5 Å². The number of aryl methyl sites for hydroxylation is 1. The van der Waals surface area contributed by atoms with Gasteiger partial charge >= 0.3 is 0 Å². The maximum atomic E-state index is 12.2. The van der Waals surface area contributed by atoms with Gasteiger partial charge in [0.1, 0.15) is 11.8 Å². The van der Waals surface area contributed by atoms with E-state index in [1.54, 1.807) is 44.4 Å². The average Bonchev–Trinajstić information content (AvgIpc) is 2.63. The largest absolute Gasteiger partial charge is 0.497 e. The number of hydrogen-bond acceptors (Lipinski definition) is 3. The molecule has 0 bridgehead atoms. The van der Waals surface area contributed by atoms with E-state index in [4.69, 9.17) is 16.3 Å². The van der Waals surface area contributed by atoms with E-state index in [1.807, 2.05) is 25.1 Å². The Morgan fingerprint density at radius 2 is 1.85 bits per heavy atom. The molecule has 5 nitrogen and oxygen atoms in total. The topological polar surface area (TPSA) is 67.4 Å². The molecule has 2 aromatic carbocycles. The van der Waals surface area contributed by atoms with Gasteiger partial charge in [-0.05, 0) is 55.3 Å². The summed E-state index contributed by atoms with van der Waals surface area (Å²) in [4.78, 5) is 24.2. The number of benzene rings is 2. The Kier molecular flexibility index (Phi) is 6.81. The van der Waals surface area contributed by atoms with Crippen molar-refractivity contribution >= 4 is 35.2 Å². The summed E-state index contributed by atoms with van der Waals surface area (Å²) in [6.07, 6.45) is 3.05. The monoisotopic (exact) mass is 372 g/mol. The van der Waals surface area contributed by atoms with E-state index in [9.17, 15) is 9.59 Å². The minimum atomic E-state index is -0.692. The molecule has 0 saturated carbocycles. The van der Waals surface area contributed by atoms with Crippen LogP contribution in [-0.2, 0) is 9.59 Å². The second-order valence-electron chi connectivity index (χ2n) is 5.79. The number of rotatable bonds is 6. The Bertz CT molecular complexity index is 816. The number of methoxy groups -OCH3 is 1.